The zero-order chi connectivity index (χ0) is 13.9. The lowest BCUT2D eigenvalue weighted by atomic mass is 9.82. The summed E-state index contributed by atoms with van der Waals surface area (Å²) in [5, 5.41) is 3.21. The first kappa shape index (κ1) is 13.8. The van der Waals surface area contributed by atoms with E-state index in [0.29, 0.717) is 11.1 Å². The summed E-state index contributed by atoms with van der Waals surface area (Å²) in [5.74, 6) is 0.0512. The van der Waals surface area contributed by atoms with Crippen molar-refractivity contribution in [1.29, 1.82) is 0 Å². The Bertz CT molecular complexity index is 446. The SMILES string of the molecule is CCNc1ccnc(C(=O)N2CCC(C)(C)CC2)c1. The van der Waals surface area contributed by atoms with Crippen LogP contribution in [0.1, 0.15) is 44.1 Å². The molecule has 19 heavy (non-hydrogen) atoms. The third-order valence-electron chi connectivity index (χ3n) is 3.76. The summed E-state index contributed by atoms with van der Waals surface area (Å²) in [6.45, 7) is 9.07. The number of nitrogens with one attached hydrogen (secondary N) is 1. The van der Waals surface area contributed by atoms with Gasteiger partial charge >= 0.3 is 0 Å². The molecule has 1 aromatic rings. The first-order valence-corrected chi connectivity index (χ1v) is 7.01. The van der Waals surface area contributed by atoms with E-state index in [0.717, 1.165) is 38.2 Å². The van der Waals surface area contributed by atoms with Gasteiger partial charge in [-0.05, 0) is 37.3 Å². The molecule has 2 heterocycles. The van der Waals surface area contributed by atoms with Crippen molar-refractivity contribution in [2.75, 3.05) is 25.0 Å². The summed E-state index contributed by atoms with van der Waals surface area (Å²) < 4.78 is 0. The molecule has 1 aromatic heterocycles. The highest BCUT2D eigenvalue weighted by molar-refractivity contribution is 5.93. The van der Waals surface area contributed by atoms with Crippen LogP contribution in [0.25, 0.3) is 0 Å². The number of nitrogens with zero attached hydrogens (tertiary/aromatic N) is 2. The Hall–Kier alpha value is -1.58. The Morgan fingerprint density at radius 3 is 2.74 bits per heavy atom. The maximum absolute atomic E-state index is 12.4. The molecule has 0 aromatic carbocycles. The van der Waals surface area contributed by atoms with Crippen molar-refractivity contribution in [2.24, 2.45) is 5.41 Å². The molecule has 0 unspecified atom stereocenters. The van der Waals surface area contributed by atoms with E-state index in [1.165, 1.54) is 0 Å². The summed E-state index contributed by atoms with van der Waals surface area (Å²) in [6, 6.07) is 3.73. The Balaban J connectivity index is 2.05. The predicted octanol–water partition coefficient (Wildman–Crippen LogP) is 2.78. The van der Waals surface area contributed by atoms with Crippen LogP contribution in [-0.2, 0) is 0 Å². The Morgan fingerprint density at radius 1 is 1.42 bits per heavy atom. The zero-order valence-corrected chi connectivity index (χ0v) is 12.1. The van der Waals surface area contributed by atoms with Crippen molar-refractivity contribution in [2.45, 2.75) is 33.6 Å². The standard InChI is InChI=1S/C15H23N3O/c1-4-16-12-5-8-17-13(11-12)14(19)18-9-6-15(2,3)7-10-18/h5,8,11H,4,6-7,9-10H2,1-3H3,(H,16,17). The van der Waals surface area contributed by atoms with Crippen LogP contribution in [0.2, 0.25) is 0 Å². The van der Waals surface area contributed by atoms with E-state index in [-0.39, 0.29) is 5.91 Å². The third kappa shape index (κ3) is 3.46. The lowest BCUT2D eigenvalue weighted by Crippen LogP contribution is -2.41. The Kier molecular flexibility index (Phi) is 4.08. The van der Waals surface area contributed by atoms with E-state index in [1.807, 2.05) is 24.0 Å². The topological polar surface area (TPSA) is 45.2 Å². The molecule has 1 saturated heterocycles. The lowest BCUT2D eigenvalue weighted by molar-refractivity contribution is 0.0624. The van der Waals surface area contributed by atoms with Gasteiger partial charge in [0, 0.05) is 31.5 Å². The van der Waals surface area contributed by atoms with Gasteiger partial charge in [-0.3, -0.25) is 9.78 Å². The molecule has 0 aliphatic carbocycles. The van der Waals surface area contributed by atoms with Gasteiger partial charge < -0.3 is 10.2 Å². The molecule has 0 saturated carbocycles. The van der Waals surface area contributed by atoms with E-state index in [1.54, 1.807) is 6.20 Å². The highest BCUT2D eigenvalue weighted by atomic mass is 16.2. The fourth-order valence-corrected chi connectivity index (χ4v) is 2.34. The number of hydrogen-bond donors (Lipinski definition) is 1. The molecular formula is C15H23N3O. The number of likely N-dealkylation sites (tertiary alicyclic amines) is 1. The average Bonchev–Trinajstić information content (AvgIpc) is 2.39. The van der Waals surface area contributed by atoms with Gasteiger partial charge in [0.1, 0.15) is 5.69 Å². The maximum Gasteiger partial charge on any atom is 0.272 e. The minimum absolute atomic E-state index is 0.0512. The highest BCUT2D eigenvalue weighted by Gasteiger charge is 2.28. The normalized spacial score (nSPS) is 18.2. The first-order chi connectivity index (χ1) is 9.02. The van der Waals surface area contributed by atoms with Gasteiger partial charge in [-0.2, -0.15) is 0 Å². The number of pyridine rings is 1. The van der Waals surface area contributed by atoms with E-state index in [9.17, 15) is 4.79 Å². The summed E-state index contributed by atoms with van der Waals surface area (Å²) in [5.41, 5.74) is 1.85. The second kappa shape index (κ2) is 5.59. The van der Waals surface area contributed by atoms with Crippen LogP contribution in [0, 0.1) is 5.41 Å². The van der Waals surface area contributed by atoms with Gasteiger partial charge in [-0.1, -0.05) is 13.8 Å². The fourth-order valence-electron chi connectivity index (χ4n) is 2.34. The lowest BCUT2D eigenvalue weighted by Gasteiger charge is -2.36. The number of aromatic nitrogens is 1. The van der Waals surface area contributed by atoms with E-state index in [2.05, 4.69) is 24.1 Å². The van der Waals surface area contributed by atoms with Crippen molar-refractivity contribution in [3.63, 3.8) is 0 Å². The summed E-state index contributed by atoms with van der Waals surface area (Å²) >= 11 is 0. The molecule has 4 nitrogen and oxygen atoms in total. The van der Waals surface area contributed by atoms with Gasteiger partial charge in [0.15, 0.2) is 0 Å². The predicted molar refractivity (Wildman–Crippen MR) is 77.3 cm³/mol. The van der Waals surface area contributed by atoms with Crippen molar-refractivity contribution < 1.29 is 4.79 Å². The van der Waals surface area contributed by atoms with Crippen molar-refractivity contribution >= 4 is 11.6 Å². The van der Waals surface area contributed by atoms with E-state index in [4.69, 9.17) is 0 Å². The summed E-state index contributed by atoms with van der Waals surface area (Å²) in [6.07, 6.45) is 3.82. The summed E-state index contributed by atoms with van der Waals surface area (Å²) in [4.78, 5) is 18.5. The molecule has 1 fully saturated rings. The molecule has 104 valence electrons. The number of hydrogen-bond acceptors (Lipinski definition) is 3. The minimum Gasteiger partial charge on any atom is -0.385 e. The first-order valence-electron chi connectivity index (χ1n) is 7.01. The minimum atomic E-state index is 0.0512. The molecule has 0 spiro atoms. The molecular weight excluding hydrogens is 238 g/mol. The van der Waals surface area contributed by atoms with Crippen LogP contribution in [0.3, 0.4) is 0 Å². The molecule has 1 N–H and O–H groups in total. The molecule has 0 atom stereocenters. The highest BCUT2D eigenvalue weighted by Crippen LogP contribution is 2.30. The van der Waals surface area contributed by atoms with Gasteiger partial charge in [-0.25, -0.2) is 0 Å². The molecule has 0 radical (unpaired) electrons. The molecule has 1 amide bonds. The Morgan fingerprint density at radius 2 is 2.11 bits per heavy atom. The van der Waals surface area contributed by atoms with Crippen LogP contribution < -0.4 is 5.32 Å². The monoisotopic (exact) mass is 261 g/mol. The third-order valence-corrected chi connectivity index (χ3v) is 3.76. The van der Waals surface area contributed by atoms with Crippen molar-refractivity contribution in [3.8, 4) is 0 Å². The molecule has 1 aliphatic rings. The quantitative estimate of drug-likeness (QED) is 0.910. The molecule has 4 heteroatoms. The Labute approximate surface area is 115 Å². The molecule has 0 bridgehead atoms. The fraction of sp³-hybridized carbons (Fsp3) is 0.600. The van der Waals surface area contributed by atoms with Crippen LogP contribution in [0.15, 0.2) is 18.3 Å². The average molecular weight is 261 g/mol. The van der Waals surface area contributed by atoms with Gasteiger partial charge in [0.2, 0.25) is 0 Å². The second-order valence-corrected chi connectivity index (χ2v) is 5.92. The number of anilines is 1. The molecule has 1 aliphatic heterocycles. The summed E-state index contributed by atoms with van der Waals surface area (Å²) in [7, 11) is 0. The second-order valence-electron chi connectivity index (χ2n) is 5.92. The van der Waals surface area contributed by atoms with Crippen molar-refractivity contribution in [1.82, 2.24) is 9.88 Å². The number of piperidine rings is 1. The molecule has 2 rings (SSSR count). The maximum atomic E-state index is 12.4. The largest absolute Gasteiger partial charge is 0.385 e. The zero-order valence-electron chi connectivity index (χ0n) is 12.1. The van der Waals surface area contributed by atoms with Gasteiger partial charge in [0.25, 0.3) is 5.91 Å². The smallest absolute Gasteiger partial charge is 0.272 e. The number of amides is 1. The van der Waals surface area contributed by atoms with Crippen molar-refractivity contribution in [3.05, 3.63) is 24.0 Å². The number of carbonyl (C=O) groups excluding carboxylic acids is 1. The number of carbonyl (C=O) groups is 1. The van der Waals surface area contributed by atoms with Crippen LogP contribution in [0.5, 0.6) is 0 Å². The van der Waals surface area contributed by atoms with Crippen LogP contribution >= 0.6 is 0 Å². The van der Waals surface area contributed by atoms with Gasteiger partial charge in [-0.15, -0.1) is 0 Å². The van der Waals surface area contributed by atoms with Gasteiger partial charge in [0.05, 0.1) is 0 Å². The van der Waals surface area contributed by atoms with Crippen LogP contribution in [-0.4, -0.2) is 35.4 Å². The van der Waals surface area contributed by atoms with Crippen LogP contribution in [0.4, 0.5) is 5.69 Å². The van der Waals surface area contributed by atoms with E-state index >= 15 is 0 Å². The van der Waals surface area contributed by atoms with E-state index < -0.39 is 0 Å². The number of rotatable bonds is 3.